The second-order valence-corrected chi connectivity index (χ2v) is 5.89. The Morgan fingerprint density at radius 1 is 1.48 bits per heavy atom. The summed E-state index contributed by atoms with van der Waals surface area (Å²) in [7, 11) is 0. The number of carbonyl (C=O) groups is 1. The van der Waals surface area contributed by atoms with Crippen LogP contribution in [0.1, 0.15) is 38.7 Å². The number of halogens is 1. The summed E-state index contributed by atoms with van der Waals surface area (Å²) in [5.74, 6) is 1.21. The molecule has 0 spiro atoms. The Hall–Kier alpha value is -1.06. The van der Waals surface area contributed by atoms with Gasteiger partial charge in [0.25, 0.3) is 0 Å². The molecule has 0 bridgehead atoms. The molecule has 0 saturated carbocycles. The molecular formula is C17H27ClN2O. The minimum absolute atomic E-state index is 0. The first-order valence-electron chi connectivity index (χ1n) is 7.78. The van der Waals surface area contributed by atoms with Crippen LogP contribution in [0.2, 0.25) is 0 Å². The molecule has 1 fully saturated rings. The third-order valence-electron chi connectivity index (χ3n) is 4.27. The molecule has 1 amide bonds. The van der Waals surface area contributed by atoms with Crippen LogP contribution < -0.4 is 10.6 Å². The first-order chi connectivity index (χ1) is 9.69. The van der Waals surface area contributed by atoms with Crippen LogP contribution in [0.3, 0.4) is 0 Å². The molecule has 1 aliphatic rings. The molecule has 2 rings (SSSR count). The van der Waals surface area contributed by atoms with Crippen LogP contribution in [0.25, 0.3) is 0 Å². The smallest absolute Gasteiger partial charge is 0.224 e. The highest BCUT2D eigenvalue weighted by Crippen LogP contribution is 2.23. The maximum atomic E-state index is 12.1. The van der Waals surface area contributed by atoms with Gasteiger partial charge in [-0.15, -0.1) is 12.4 Å². The van der Waals surface area contributed by atoms with Crippen LogP contribution in [-0.4, -0.2) is 19.0 Å². The highest BCUT2D eigenvalue weighted by Gasteiger charge is 2.21. The van der Waals surface area contributed by atoms with E-state index in [1.807, 2.05) is 12.1 Å². The lowest BCUT2D eigenvalue weighted by Gasteiger charge is -2.28. The lowest BCUT2D eigenvalue weighted by Crippen LogP contribution is -2.34. The van der Waals surface area contributed by atoms with Crippen molar-refractivity contribution in [2.75, 3.05) is 18.4 Å². The van der Waals surface area contributed by atoms with Gasteiger partial charge in [0.05, 0.1) is 0 Å². The van der Waals surface area contributed by atoms with E-state index in [-0.39, 0.29) is 18.3 Å². The fraction of sp³-hybridized carbons (Fsp3) is 0.588. The van der Waals surface area contributed by atoms with E-state index in [9.17, 15) is 4.79 Å². The topological polar surface area (TPSA) is 41.1 Å². The fourth-order valence-electron chi connectivity index (χ4n) is 2.90. The Bertz CT molecular complexity index is 444. The summed E-state index contributed by atoms with van der Waals surface area (Å²) >= 11 is 0. The van der Waals surface area contributed by atoms with Crippen molar-refractivity contribution in [2.24, 2.45) is 11.8 Å². The summed E-state index contributed by atoms with van der Waals surface area (Å²) in [6.07, 6.45) is 4.08. The van der Waals surface area contributed by atoms with Crippen LogP contribution in [0.5, 0.6) is 0 Å². The summed E-state index contributed by atoms with van der Waals surface area (Å²) in [5.41, 5.74) is 2.18. The van der Waals surface area contributed by atoms with E-state index in [1.54, 1.807) is 0 Å². The molecule has 0 aliphatic carbocycles. The molecule has 1 aromatic rings. The number of rotatable bonds is 5. The van der Waals surface area contributed by atoms with E-state index in [4.69, 9.17) is 0 Å². The lowest BCUT2D eigenvalue weighted by molar-refractivity contribution is -0.117. The van der Waals surface area contributed by atoms with Crippen molar-refractivity contribution in [3.05, 3.63) is 29.8 Å². The predicted octanol–water partition coefficient (Wildman–Crippen LogP) is 3.64. The quantitative estimate of drug-likeness (QED) is 0.872. The Morgan fingerprint density at radius 3 is 2.95 bits per heavy atom. The van der Waals surface area contributed by atoms with Crippen molar-refractivity contribution in [3.63, 3.8) is 0 Å². The predicted molar refractivity (Wildman–Crippen MR) is 91.1 cm³/mol. The average Bonchev–Trinajstić information content (AvgIpc) is 2.48. The lowest BCUT2D eigenvalue weighted by atomic mass is 9.85. The number of piperidine rings is 1. The monoisotopic (exact) mass is 310 g/mol. The minimum atomic E-state index is 0. The molecule has 4 heteroatoms. The van der Waals surface area contributed by atoms with Gasteiger partial charge in [0.2, 0.25) is 5.91 Å². The van der Waals surface area contributed by atoms with E-state index in [1.165, 1.54) is 18.4 Å². The fourth-order valence-corrected chi connectivity index (χ4v) is 2.90. The number of anilines is 1. The van der Waals surface area contributed by atoms with Crippen molar-refractivity contribution in [2.45, 2.75) is 39.5 Å². The van der Waals surface area contributed by atoms with Gasteiger partial charge in [-0.3, -0.25) is 4.79 Å². The van der Waals surface area contributed by atoms with Gasteiger partial charge >= 0.3 is 0 Å². The second-order valence-electron chi connectivity index (χ2n) is 5.89. The summed E-state index contributed by atoms with van der Waals surface area (Å²) < 4.78 is 0. The largest absolute Gasteiger partial charge is 0.326 e. The molecule has 118 valence electrons. The highest BCUT2D eigenvalue weighted by atomic mass is 35.5. The van der Waals surface area contributed by atoms with Gasteiger partial charge in [-0.05, 0) is 61.9 Å². The number of carbonyl (C=O) groups excluding carboxylic acids is 1. The molecule has 21 heavy (non-hydrogen) atoms. The molecule has 1 saturated heterocycles. The van der Waals surface area contributed by atoms with Crippen LogP contribution in [-0.2, 0) is 11.2 Å². The number of aryl methyl sites for hydroxylation is 1. The standard InChI is InChI=1S/C17H26N2O.ClH/c1-3-14-6-4-8-16(11-14)19-17(20)10-13(2)15-7-5-9-18-12-15;/h4,6,8,11,13,15,18H,3,5,7,9-10,12H2,1-2H3,(H,19,20);1H. The van der Waals surface area contributed by atoms with Crippen molar-refractivity contribution < 1.29 is 4.79 Å². The molecule has 2 atom stereocenters. The van der Waals surface area contributed by atoms with Crippen LogP contribution in [0, 0.1) is 11.8 Å². The van der Waals surface area contributed by atoms with E-state index in [0.29, 0.717) is 18.3 Å². The van der Waals surface area contributed by atoms with Crippen LogP contribution in [0.15, 0.2) is 24.3 Å². The maximum Gasteiger partial charge on any atom is 0.224 e. The number of nitrogens with one attached hydrogen (secondary N) is 2. The summed E-state index contributed by atoms with van der Waals surface area (Å²) in [6, 6.07) is 8.11. The zero-order chi connectivity index (χ0) is 14.4. The molecule has 2 N–H and O–H groups in total. The number of amides is 1. The summed E-state index contributed by atoms with van der Waals surface area (Å²) in [5, 5.41) is 6.45. The first kappa shape index (κ1) is 18.0. The average molecular weight is 311 g/mol. The van der Waals surface area contributed by atoms with Gasteiger partial charge in [-0.2, -0.15) is 0 Å². The van der Waals surface area contributed by atoms with Crippen molar-refractivity contribution in [1.29, 1.82) is 0 Å². The molecule has 1 aromatic carbocycles. The van der Waals surface area contributed by atoms with Crippen molar-refractivity contribution >= 4 is 24.0 Å². The van der Waals surface area contributed by atoms with E-state index >= 15 is 0 Å². The molecule has 0 radical (unpaired) electrons. The SMILES string of the molecule is CCc1cccc(NC(=O)CC(C)C2CCCNC2)c1.Cl. The Labute approximate surface area is 134 Å². The molecule has 1 aliphatic heterocycles. The van der Waals surface area contributed by atoms with Crippen molar-refractivity contribution in [1.82, 2.24) is 5.32 Å². The zero-order valence-corrected chi connectivity index (χ0v) is 13.8. The van der Waals surface area contributed by atoms with Gasteiger partial charge < -0.3 is 10.6 Å². The number of hydrogen-bond donors (Lipinski definition) is 2. The maximum absolute atomic E-state index is 12.1. The normalized spacial score (nSPS) is 19.4. The Morgan fingerprint density at radius 2 is 2.29 bits per heavy atom. The van der Waals surface area contributed by atoms with Crippen LogP contribution in [0.4, 0.5) is 5.69 Å². The third-order valence-corrected chi connectivity index (χ3v) is 4.27. The van der Waals surface area contributed by atoms with Gasteiger partial charge in [-0.25, -0.2) is 0 Å². The summed E-state index contributed by atoms with van der Waals surface area (Å²) in [4.78, 5) is 12.1. The van der Waals surface area contributed by atoms with Crippen LogP contribution >= 0.6 is 12.4 Å². The molecule has 2 unspecified atom stereocenters. The van der Waals surface area contributed by atoms with Gasteiger partial charge in [0.15, 0.2) is 0 Å². The molecule has 1 heterocycles. The zero-order valence-electron chi connectivity index (χ0n) is 13.0. The highest BCUT2D eigenvalue weighted by molar-refractivity contribution is 5.90. The van der Waals surface area contributed by atoms with E-state index in [0.717, 1.165) is 25.2 Å². The van der Waals surface area contributed by atoms with Crippen molar-refractivity contribution in [3.8, 4) is 0 Å². The summed E-state index contributed by atoms with van der Waals surface area (Å²) in [6.45, 7) is 6.50. The third kappa shape index (κ3) is 5.68. The van der Waals surface area contributed by atoms with Gasteiger partial charge in [0, 0.05) is 12.1 Å². The van der Waals surface area contributed by atoms with Gasteiger partial charge in [0.1, 0.15) is 0 Å². The van der Waals surface area contributed by atoms with E-state index < -0.39 is 0 Å². The minimum Gasteiger partial charge on any atom is -0.326 e. The van der Waals surface area contributed by atoms with E-state index in [2.05, 4.69) is 36.6 Å². The Balaban J connectivity index is 0.00000220. The Kier molecular flexibility index (Phi) is 7.76. The first-order valence-corrected chi connectivity index (χ1v) is 7.78. The number of benzene rings is 1. The second kappa shape index (κ2) is 9.06. The molecular weight excluding hydrogens is 284 g/mol. The molecule has 0 aromatic heterocycles. The number of hydrogen-bond acceptors (Lipinski definition) is 2. The molecule has 3 nitrogen and oxygen atoms in total. The van der Waals surface area contributed by atoms with Gasteiger partial charge in [-0.1, -0.05) is 26.0 Å².